The molecule has 1 aromatic heterocycles. The minimum absolute atomic E-state index is 0. The number of nitrogens with two attached hydrogens (primary N) is 1. The van der Waals surface area contributed by atoms with Crippen molar-refractivity contribution in [3.05, 3.63) is 53.5 Å². The van der Waals surface area contributed by atoms with Crippen molar-refractivity contribution in [3.8, 4) is 0 Å². The van der Waals surface area contributed by atoms with Crippen LogP contribution in [0.2, 0.25) is 0 Å². The number of anilines is 1. The maximum Gasteiger partial charge on any atom is 0.258 e. The molecule has 1 saturated carbocycles. The van der Waals surface area contributed by atoms with Gasteiger partial charge in [-0.1, -0.05) is 12.1 Å². The Kier molecular flexibility index (Phi) is 6.21. The van der Waals surface area contributed by atoms with Crippen LogP contribution in [0.25, 0.3) is 0 Å². The van der Waals surface area contributed by atoms with Gasteiger partial charge in [0.05, 0.1) is 18.7 Å². The normalized spacial score (nSPS) is 13.4. The Balaban J connectivity index is 0.00000192. The highest BCUT2D eigenvalue weighted by molar-refractivity contribution is 6.04. The summed E-state index contributed by atoms with van der Waals surface area (Å²) in [4.78, 5) is 12.1. The summed E-state index contributed by atoms with van der Waals surface area (Å²) in [5.41, 5.74) is 7.73. The summed E-state index contributed by atoms with van der Waals surface area (Å²) in [5.74, 6) is 1.13. The lowest BCUT2D eigenvalue weighted by Crippen LogP contribution is -2.11. The van der Waals surface area contributed by atoms with Crippen LogP contribution in [0.5, 0.6) is 0 Å². The number of carbonyl (C=O) groups excluding carboxylic acids is 1. The van der Waals surface area contributed by atoms with Gasteiger partial charge in [-0.2, -0.15) is 0 Å². The van der Waals surface area contributed by atoms with E-state index in [1.807, 2.05) is 24.3 Å². The number of hydrogen-bond donors (Lipinski definition) is 2. The summed E-state index contributed by atoms with van der Waals surface area (Å²) in [7, 11) is 0. The summed E-state index contributed by atoms with van der Waals surface area (Å²) < 4.78 is 10.8. The van der Waals surface area contributed by atoms with Gasteiger partial charge in [-0.25, -0.2) is 0 Å². The molecule has 1 amide bonds. The van der Waals surface area contributed by atoms with E-state index in [1.54, 1.807) is 6.07 Å². The maximum atomic E-state index is 12.1. The van der Waals surface area contributed by atoms with Crippen LogP contribution in [0.3, 0.4) is 0 Å². The van der Waals surface area contributed by atoms with Gasteiger partial charge in [0, 0.05) is 12.3 Å². The molecule has 1 aromatic carbocycles. The van der Waals surface area contributed by atoms with Gasteiger partial charge in [0.2, 0.25) is 0 Å². The first-order valence-electron chi connectivity index (χ1n) is 7.50. The van der Waals surface area contributed by atoms with Crippen LogP contribution in [0.4, 0.5) is 5.69 Å². The molecule has 0 aliphatic heterocycles. The molecule has 1 aliphatic rings. The Hall–Kier alpha value is -1.82. The molecule has 0 saturated heterocycles. The Morgan fingerprint density at radius 1 is 1.35 bits per heavy atom. The molecule has 1 heterocycles. The van der Waals surface area contributed by atoms with Crippen molar-refractivity contribution in [2.45, 2.75) is 26.0 Å². The molecule has 1 fully saturated rings. The second kappa shape index (κ2) is 8.15. The van der Waals surface area contributed by atoms with Crippen molar-refractivity contribution < 1.29 is 13.9 Å². The van der Waals surface area contributed by atoms with Crippen molar-refractivity contribution in [3.63, 3.8) is 0 Å². The van der Waals surface area contributed by atoms with E-state index in [4.69, 9.17) is 14.9 Å². The average Bonchev–Trinajstić information content (AvgIpc) is 3.21. The van der Waals surface area contributed by atoms with E-state index in [2.05, 4.69) is 5.32 Å². The highest BCUT2D eigenvalue weighted by atomic mass is 35.5. The van der Waals surface area contributed by atoms with E-state index in [1.165, 1.54) is 19.1 Å². The third kappa shape index (κ3) is 5.10. The lowest BCUT2D eigenvalue weighted by Gasteiger charge is -2.07. The zero-order valence-electron chi connectivity index (χ0n) is 12.8. The van der Waals surface area contributed by atoms with Crippen molar-refractivity contribution in [2.24, 2.45) is 11.7 Å². The number of benzene rings is 1. The minimum Gasteiger partial charge on any atom is -0.467 e. The van der Waals surface area contributed by atoms with Crippen LogP contribution in [0.1, 0.15) is 34.5 Å². The fourth-order valence-corrected chi connectivity index (χ4v) is 2.18. The fourth-order valence-electron chi connectivity index (χ4n) is 2.18. The van der Waals surface area contributed by atoms with E-state index in [-0.39, 0.29) is 24.9 Å². The summed E-state index contributed by atoms with van der Waals surface area (Å²) in [6, 6.07) is 9.33. The van der Waals surface area contributed by atoms with Gasteiger partial charge in [0.15, 0.2) is 0 Å². The Morgan fingerprint density at radius 3 is 2.87 bits per heavy atom. The number of nitrogens with one attached hydrogen (secondary N) is 1. The first-order chi connectivity index (χ1) is 10.7. The van der Waals surface area contributed by atoms with E-state index in [0.717, 1.165) is 23.8 Å². The molecule has 0 spiro atoms. The van der Waals surface area contributed by atoms with Crippen LogP contribution in [0.15, 0.2) is 41.0 Å². The number of rotatable bonds is 7. The third-order valence-electron chi connectivity index (χ3n) is 3.62. The monoisotopic (exact) mass is 336 g/mol. The number of furan rings is 1. The predicted octanol–water partition coefficient (Wildman–Crippen LogP) is 3.34. The first kappa shape index (κ1) is 17.5. The molecule has 0 radical (unpaired) electrons. The molecular weight excluding hydrogens is 316 g/mol. The van der Waals surface area contributed by atoms with E-state index < -0.39 is 0 Å². The van der Waals surface area contributed by atoms with Crippen LogP contribution in [0, 0.1) is 5.92 Å². The van der Waals surface area contributed by atoms with E-state index >= 15 is 0 Å². The summed E-state index contributed by atoms with van der Waals surface area (Å²) >= 11 is 0. The number of halogens is 1. The smallest absolute Gasteiger partial charge is 0.258 e. The van der Waals surface area contributed by atoms with Crippen LogP contribution < -0.4 is 11.1 Å². The largest absolute Gasteiger partial charge is 0.467 e. The van der Waals surface area contributed by atoms with E-state index in [9.17, 15) is 4.79 Å². The highest BCUT2D eigenvalue weighted by Crippen LogP contribution is 2.29. The van der Waals surface area contributed by atoms with Crippen LogP contribution >= 0.6 is 12.4 Å². The molecule has 1 aliphatic carbocycles. The average molecular weight is 337 g/mol. The molecule has 2 aromatic rings. The van der Waals surface area contributed by atoms with Crippen LogP contribution in [-0.2, 0) is 17.9 Å². The van der Waals surface area contributed by atoms with Gasteiger partial charge in [0.25, 0.3) is 5.91 Å². The summed E-state index contributed by atoms with van der Waals surface area (Å²) in [6.45, 7) is 1.68. The number of hydrogen-bond acceptors (Lipinski definition) is 4. The molecular formula is C17H21ClN2O3. The molecule has 124 valence electrons. The zero-order chi connectivity index (χ0) is 15.4. The van der Waals surface area contributed by atoms with Gasteiger partial charge in [-0.15, -0.1) is 12.4 Å². The Morgan fingerprint density at radius 2 is 2.17 bits per heavy atom. The predicted molar refractivity (Wildman–Crippen MR) is 90.6 cm³/mol. The van der Waals surface area contributed by atoms with E-state index in [0.29, 0.717) is 17.9 Å². The topological polar surface area (TPSA) is 77.5 Å². The zero-order valence-corrected chi connectivity index (χ0v) is 13.6. The second-order valence-electron chi connectivity index (χ2n) is 5.62. The SMILES string of the molecule is Cl.NCc1cc(C(=O)Nc2cccc(COCC3CC3)c2)co1. The Bertz CT molecular complexity index is 653. The number of carbonyl (C=O) groups is 1. The number of ether oxygens (including phenoxy) is 1. The molecule has 3 N–H and O–H groups in total. The summed E-state index contributed by atoms with van der Waals surface area (Å²) in [5, 5.41) is 2.85. The highest BCUT2D eigenvalue weighted by Gasteiger charge is 2.21. The van der Waals surface area contributed by atoms with Crippen molar-refractivity contribution in [1.82, 2.24) is 0 Å². The molecule has 3 rings (SSSR count). The second-order valence-corrected chi connectivity index (χ2v) is 5.62. The molecule has 6 heteroatoms. The Labute approximate surface area is 141 Å². The van der Waals surface area contributed by atoms with Gasteiger partial charge >= 0.3 is 0 Å². The van der Waals surface area contributed by atoms with Crippen LogP contribution in [-0.4, -0.2) is 12.5 Å². The lowest BCUT2D eigenvalue weighted by atomic mass is 10.2. The maximum absolute atomic E-state index is 12.1. The minimum atomic E-state index is -0.209. The van der Waals surface area contributed by atoms with Crippen molar-refractivity contribution in [2.75, 3.05) is 11.9 Å². The quantitative estimate of drug-likeness (QED) is 0.813. The molecule has 0 atom stereocenters. The van der Waals surface area contributed by atoms with Gasteiger partial charge in [-0.3, -0.25) is 4.79 Å². The first-order valence-corrected chi connectivity index (χ1v) is 7.50. The molecule has 5 nitrogen and oxygen atoms in total. The summed E-state index contributed by atoms with van der Waals surface area (Å²) in [6.07, 6.45) is 3.98. The number of amides is 1. The van der Waals surface area contributed by atoms with Crippen molar-refractivity contribution in [1.29, 1.82) is 0 Å². The van der Waals surface area contributed by atoms with Crippen molar-refractivity contribution >= 4 is 24.0 Å². The standard InChI is InChI=1S/C17H20N2O3.ClH/c18-8-16-7-14(11-22-16)17(20)19-15-3-1-2-13(6-15)10-21-9-12-4-5-12;/h1-3,6-7,11-12H,4-5,8-10,18H2,(H,19,20);1H. The lowest BCUT2D eigenvalue weighted by molar-refractivity contribution is 0.102. The van der Waals surface area contributed by atoms with Gasteiger partial charge in [-0.05, 0) is 42.5 Å². The molecule has 0 unspecified atom stereocenters. The molecule has 23 heavy (non-hydrogen) atoms. The van der Waals surface area contributed by atoms with Gasteiger partial charge < -0.3 is 20.2 Å². The fraction of sp³-hybridized carbons (Fsp3) is 0.353. The molecule has 0 bridgehead atoms. The van der Waals surface area contributed by atoms with Gasteiger partial charge in [0.1, 0.15) is 12.0 Å². The third-order valence-corrected chi connectivity index (χ3v) is 3.62.